The molecule has 0 radical (unpaired) electrons. The number of hydrogen-bond donors (Lipinski definition) is 4. The summed E-state index contributed by atoms with van der Waals surface area (Å²) in [5.41, 5.74) is 3.83. The average molecular weight is 583 g/mol. The number of rotatable bonds is 12. The Kier molecular flexibility index (Phi) is 10.5. The van der Waals surface area contributed by atoms with Crippen molar-refractivity contribution >= 4 is 17.7 Å². The fraction of sp³-hybridized carbons (Fsp3) is 0.294. The highest BCUT2D eigenvalue weighted by Crippen LogP contribution is 2.28. The molecule has 1 aromatic heterocycles. The highest BCUT2D eigenvalue weighted by Gasteiger charge is 2.23. The van der Waals surface area contributed by atoms with Gasteiger partial charge in [0.25, 0.3) is 5.91 Å². The molecule has 43 heavy (non-hydrogen) atoms. The number of ether oxygens (including phenoxy) is 1. The van der Waals surface area contributed by atoms with E-state index in [0.717, 1.165) is 61.3 Å². The molecule has 0 unspecified atom stereocenters. The van der Waals surface area contributed by atoms with Crippen LogP contribution in [0.15, 0.2) is 95.4 Å². The summed E-state index contributed by atoms with van der Waals surface area (Å²) in [6, 6.07) is 28.3. The molecule has 3 aromatic carbocycles. The van der Waals surface area contributed by atoms with Gasteiger partial charge in [-0.15, -0.1) is 0 Å². The molecule has 4 aromatic rings. The van der Waals surface area contributed by atoms with Gasteiger partial charge in [0.05, 0.1) is 12.2 Å². The lowest BCUT2D eigenvalue weighted by Gasteiger charge is -2.31. The number of phenolic OH excluding ortho intramolecular Hbond substituents is 1. The van der Waals surface area contributed by atoms with Gasteiger partial charge in [-0.25, -0.2) is 4.79 Å². The summed E-state index contributed by atoms with van der Waals surface area (Å²) in [4.78, 5) is 27.5. The summed E-state index contributed by atoms with van der Waals surface area (Å²) in [5, 5.41) is 18.5. The second-order valence-electron chi connectivity index (χ2n) is 10.6. The number of furan rings is 1. The molecule has 9 nitrogen and oxygen atoms in total. The predicted molar refractivity (Wildman–Crippen MR) is 166 cm³/mol. The van der Waals surface area contributed by atoms with E-state index in [9.17, 15) is 14.7 Å². The van der Waals surface area contributed by atoms with Crippen molar-refractivity contribution in [2.75, 3.05) is 38.0 Å². The van der Waals surface area contributed by atoms with Gasteiger partial charge in [-0.05, 0) is 67.3 Å². The Labute approximate surface area is 251 Å². The Morgan fingerprint density at radius 3 is 2.42 bits per heavy atom. The molecule has 0 bridgehead atoms. The van der Waals surface area contributed by atoms with Gasteiger partial charge in [0, 0.05) is 31.7 Å². The van der Waals surface area contributed by atoms with E-state index in [2.05, 4.69) is 20.9 Å². The van der Waals surface area contributed by atoms with Crippen LogP contribution < -0.4 is 16.0 Å². The van der Waals surface area contributed by atoms with Crippen LogP contribution in [-0.4, -0.2) is 60.8 Å². The minimum absolute atomic E-state index is 0.147. The SMILES string of the molecule is O=C(Nc1ccccc1-c1ccccc1)OC1CCN(CCNC(=O)c2ccc(CNCCc3ccc(O)cc3)o2)CC1. The number of phenols is 1. The molecule has 0 atom stereocenters. The summed E-state index contributed by atoms with van der Waals surface area (Å²) < 4.78 is 11.4. The maximum absolute atomic E-state index is 12.7. The van der Waals surface area contributed by atoms with Crippen LogP contribution in [0.1, 0.15) is 34.7 Å². The minimum Gasteiger partial charge on any atom is -0.508 e. The van der Waals surface area contributed by atoms with Crippen molar-refractivity contribution in [2.24, 2.45) is 0 Å². The van der Waals surface area contributed by atoms with Crippen molar-refractivity contribution in [2.45, 2.75) is 31.9 Å². The molecular weight excluding hydrogens is 544 g/mol. The van der Waals surface area contributed by atoms with Gasteiger partial charge >= 0.3 is 6.09 Å². The standard InChI is InChI=1S/C34H38N4O5/c39-27-12-10-25(11-13-27)16-19-35-24-29-14-15-32(42-29)33(40)36-20-23-38-21-17-28(18-22-38)43-34(41)37-31-9-5-4-8-30(31)26-6-2-1-3-7-26/h1-15,28,35,39H,16-24H2,(H,36,40)(H,37,41). The first-order chi connectivity index (χ1) is 21.0. The average Bonchev–Trinajstić information content (AvgIpc) is 3.51. The third-order valence-corrected chi connectivity index (χ3v) is 7.48. The van der Waals surface area contributed by atoms with E-state index < -0.39 is 6.09 Å². The first-order valence-electron chi connectivity index (χ1n) is 14.7. The topological polar surface area (TPSA) is 116 Å². The van der Waals surface area contributed by atoms with Crippen molar-refractivity contribution < 1.29 is 23.8 Å². The molecular formula is C34H38N4O5. The van der Waals surface area contributed by atoms with Gasteiger partial charge in [0.1, 0.15) is 17.6 Å². The Hall–Kier alpha value is -4.60. The second kappa shape index (κ2) is 15.0. The van der Waals surface area contributed by atoms with Crippen LogP contribution >= 0.6 is 0 Å². The minimum atomic E-state index is -0.445. The van der Waals surface area contributed by atoms with Crippen LogP contribution in [0.5, 0.6) is 5.75 Å². The number of benzene rings is 3. The van der Waals surface area contributed by atoms with Crippen LogP contribution in [0.3, 0.4) is 0 Å². The molecule has 1 saturated heterocycles. The second-order valence-corrected chi connectivity index (χ2v) is 10.6. The largest absolute Gasteiger partial charge is 0.508 e. The van der Waals surface area contributed by atoms with E-state index in [1.54, 1.807) is 18.2 Å². The van der Waals surface area contributed by atoms with Gasteiger partial charge in [-0.2, -0.15) is 0 Å². The van der Waals surface area contributed by atoms with E-state index in [1.807, 2.05) is 72.8 Å². The normalized spacial score (nSPS) is 13.9. The molecule has 2 amide bonds. The molecule has 224 valence electrons. The maximum Gasteiger partial charge on any atom is 0.411 e. The summed E-state index contributed by atoms with van der Waals surface area (Å²) in [7, 11) is 0. The predicted octanol–water partition coefficient (Wildman–Crippen LogP) is 5.43. The number of anilines is 1. The summed E-state index contributed by atoms with van der Waals surface area (Å²) in [6.45, 7) is 4.06. The molecule has 2 heterocycles. The monoisotopic (exact) mass is 582 g/mol. The molecule has 1 aliphatic heterocycles. The van der Waals surface area contributed by atoms with E-state index in [0.29, 0.717) is 31.2 Å². The number of carbonyl (C=O) groups is 2. The van der Waals surface area contributed by atoms with Gasteiger partial charge in [-0.1, -0.05) is 60.7 Å². The number of piperidine rings is 1. The summed E-state index contributed by atoms with van der Waals surface area (Å²) >= 11 is 0. The van der Waals surface area contributed by atoms with Crippen LogP contribution in [0, 0.1) is 0 Å². The first kappa shape index (κ1) is 29.9. The summed E-state index contributed by atoms with van der Waals surface area (Å²) in [5.74, 6) is 1.02. The van der Waals surface area contributed by atoms with Crippen molar-refractivity contribution in [1.29, 1.82) is 0 Å². The maximum atomic E-state index is 12.7. The smallest absolute Gasteiger partial charge is 0.411 e. The van der Waals surface area contributed by atoms with Crippen LogP contribution in [0.25, 0.3) is 11.1 Å². The molecule has 0 aliphatic carbocycles. The van der Waals surface area contributed by atoms with Gasteiger partial charge < -0.3 is 29.8 Å². The third-order valence-electron chi connectivity index (χ3n) is 7.48. The number of para-hydroxylation sites is 1. The van der Waals surface area contributed by atoms with Crippen LogP contribution in [-0.2, 0) is 17.7 Å². The Bertz CT molecular complexity index is 1460. The zero-order valence-electron chi connectivity index (χ0n) is 24.1. The Morgan fingerprint density at radius 1 is 0.884 bits per heavy atom. The molecule has 4 N–H and O–H groups in total. The van der Waals surface area contributed by atoms with Crippen molar-refractivity contribution in [1.82, 2.24) is 15.5 Å². The third kappa shape index (κ3) is 8.94. The summed E-state index contributed by atoms with van der Waals surface area (Å²) in [6.07, 6.45) is 1.71. The van der Waals surface area contributed by atoms with Crippen LogP contribution in [0.2, 0.25) is 0 Å². The number of carbonyl (C=O) groups excluding carboxylic acids is 2. The van der Waals surface area contributed by atoms with Crippen molar-refractivity contribution in [3.8, 4) is 16.9 Å². The lowest BCUT2D eigenvalue weighted by molar-refractivity contribution is 0.0586. The Balaban J connectivity index is 0.966. The molecule has 0 saturated carbocycles. The van der Waals surface area contributed by atoms with Crippen LogP contribution in [0.4, 0.5) is 10.5 Å². The molecule has 9 heteroatoms. The van der Waals surface area contributed by atoms with Crippen molar-refractivity contribution in [3.63, 3.8) is 0 Å². The van der Waals surface area contributed by atoms with Crippen molar-refractivity contribution in [3.05, 3.63) is 108 Å². The van der Waals surface area contributed by atoms with Gasteiger partial charge in [0.2, 0.25) is 0 Å². The van der Waals surface area contributed by atoms with E-state index in [1.165, 1.54) is 0 Å². The lowest BCUT2D eigenvalue weighted by Crippen LogP contribution is -2.42. The Morgan fingerprint density at radius 2 is 1.63 bits per heavy atom. The highest BCUT2D eigenvalue weighted by molar-refractivity contribution is 5.92. The fourth-order valence-electron chi connectivity index (χ4n) is 5.12. The number of amides is 2. The van der Waals surface area contributed by atoms with Gasteiger partial charge in [-0.3, -0.25) is 10.1 Å². The molecule has 1 fully saturated rings. The fourth-order valence-corrected chi connectivity index (χ4v) is 5.12. The molecule has 5 rings (SSSR count). The molecule has 1 aliphatic rings. The number of hydrogen-bond acceptors (Lipinski definition) is 7. The number of likely N-dealkylation sites (tertiary alicyclic amines) is 1. The zero-order valence-corrected chi connectivity index (χ0v) is 24.1. The van der Waals surface area contributed by atoms with Gasteiger partial charge in [0.15, 0.2) is 5.76 Å². The number of nitrogens with zero attached hydrogens (tertiary/aromatic N) is 1. The highest BCUT2D eigenvalue weighted by atomic mass is 16.6. The number of aromatic hydroxyl groups is 1. The lowest BCUT2D eigenvalue weighted by atomic mass is 10.0. The number of nitrogens with one attached hydrogen (secondary N) is 3. The van der Waals surface area contributed by atoms with E-state index in [4.69, 9.17) is 9.15 Å². The quantitative estimate of drug-likeness (QED) is 0.165. The zero-order chi connectivity index (χ0) is 29.9. The van der Waals surface area contributed by atoms with E-state index >= 15 is 0 Å². The van der Waals surface area contributed by atoms with E-state index in [-0.39, 0.29) is 17.8 Å². The first-order valence-corrected chi connectivity index (χ1v) is 14.7. The molecule has 0 spiro atoms.